The Balaban J connectivity index is 2.81. The minimum atomic E-state index is 0.802. The molecule has 0 radical (unpaired) electrons. The van der Waals surface area contributed by atoms with Crippen molar-refractivity contribution in [1.29, 1.82) is 0 Å². The highest BCUT2D eigenvalue weighted by molar-refractivity contribution is 7.98. The van der Waals surface area contributed by atoms with Gasteiger partial charge in [-0.3, -0.25) is 0 Å². The first-order chi connectivity index (χ1) is 8.19. The van der Waals surface area contributed by atoms with Gasteiger partial charge in [-0.25, -0.2) is 0 Å². The molecule has 0 unspecified atom stereocenters. The lowest BCUT2D eigenvalue weighted by atomic mass is 10.1. The summed E-state index contributed by atoms with van der Waals surface area (Å²) in [5.41, 5.74) is 2.53. The van der Waals surface area contributed by atoms with Crippen LogP contribution in [-0.2, 0) is 6.54 Å². The number of anilines is 1. The number of thioether (sulfide) groups is 1. The largest absolute Gasteiger partial charge is 0.373 e. The molecule has 96 valence electrons. The predicted molar refractivity (Wildman–Crippen MR) is 80.5 cm³/mol. The lowest BCUT2D eigenvalue weighted by Gasteiger charge is -2.22. The number of rotatable bonds is 7. The predicted octanol–water partition coefficient (Wildman–Crippen LogP) is 3.25. The molecule has 4 heteroatoms. The van der Waals surface area contributed by atoms with E-state index < -0.39 is 0 Å². The highest BCUT2D eigenvalue weighted by Crippen LogP contribution is 2.24. The van der Waals surface area contributed by atoms with Crippen LogP contribution in [0.3, 0.4) is 0 Å². The van der Waals surface area contributed by atoms with Crippen molar-refractivity contribution in [1.82, 2.24) is 5.32 Å². The fourth-order valence-electron chi connectivity index (χ4n) is 1.65. The van der Waals surface area contributed by atoms with Crippen molar-refractivity contribution in [3.8, 4) is 0 Å². The second-order valence-electron chi connectivity index (χ2n) is 3.97. The summed E-state index contributed by atoms with van der Waals surface area (Å²) in [6.45, 7) is 5.04. The van der Waals surface area contributed by atoms with E-state index in [0.717, 1.165) is 30.4 Å². The average Bonchev–Trinajstić information content (AvgIpc) is 2.34. The van der Waals surface area contributed by atoms with Crippen LogP contribution in [0.2, 0.25) is 5.02 Å². The third-order valence-electron chi connectivity index (χ3n) is 2.65. The van der Waals surface area contributed by atoms with E-state index in [9.17, 15) is 0 Å². The Hall–Kier alpha value is -0.380. The second kappa shape index (κ2) is 7.85. The molecule has 1 aromatic carbocycles. The van der Waals surface area contributed by atoms with Crippen molar-refractivity contribution in [2.24, 2.45) is 0 Å². The molecule has 1 N–H and O–H groups in total. The average molecular weight is 273 g/mol. The van der Waals surface area contributed by atoms with E-state index in [0.29, 0.717) is 0 Å². The number of halogens is 1. The summed E-state index contributed by atoms with van der Waals surface area (Å²) in [5, 5.41) is 4.16. The highest BCUT2D eigenvalue weighted by atomic mass is 35.5. The Kier molecular flexibility index (Phi) is 6.78. The molecule has 17 heavy (non-hydrogen) atoms. The van der Waals surface area contributed by atoms with E-state index in [2.05, 4.69) is 42.6 Å². The fourth-order valence-corrected chi connectivity index (χ4v) is 2.27. The van der Waals surface area contributed by atoms with Gasteiger partial charge in [0.15, 0.2) is 0 Å². The zero-order valence-electron chi connectivity index (χ0n) is 10.8. The van der Waals surface area contributed by atoms with Crippen molar-refractivity contribution in [3.05, 3.63) is 28.8 Å². The van der Waals surface area contributed by atoms with E-state index in [1.54, 1.807) is 0 Å². The van der Waals surface area contributed by atoms with Gasteiger partial charge >= 0.3 is 0 Å². The maximum absolute atomic E-state index is 6.08. The molecule has 0 aliphatic rings. The van der Waals surface area contributed by atoms with Crippen molar-refractivity contribution in [2.75, 3.05) is 37.0 Å². The fraction of sp³-hybridized carbons (Fsp3) is 0.538. The third kappa shape index (κ3) is 4.78. The van der Waals surface area contributed by atoms with Crippen LogP contribution in [0.15, 0.2) is 18.2 Å². The number of nitrogens with zero attached hydrogens (tertiary/aromatic N) is 1. The van der Waals surface area contributed by atoms with Gasteiger partial charge in [0.25, 0.3) is 0 Å². The summed E-state index contributed by atoms with van der Waals surface area (Å²) in [6, 6.07) is 6.12. The van der Waals surface area contributed by atoms with Crippen molar-refractivity contribution >= 4 is 29.1 Å². The van der Waals surface area contributed by atoms with Crippen LogP contribution in [0.1, 0.15) is 12.5 Å². The smallest absolute Gasteiger partial charge is 0.0426 e. The van der Waals surface area contributed by atoms with Crippen molar-refractivity contribution in [2.45, 2.75) is 13.5 Å². The molecule has 0 saturated carbocycles. The molecule has 0 aliphatic heterocycles. The van der Waals surface area contributed by atoms with E-state index >= 15 is 0 Å². The van der Waals surface area contributed by atoms with Gasteiger partial charge in [-0.1, -0.05) is 24.6 Å². The minimum Gasteiger partial charge on any atom is -0.373 e. The standard InChI is InChI=1S/C13H21ClN2S/c1-4-15-10-11-5-6-12(14)9-13(11)16(2)7-8-17-3/h5-6,9,15H,4,7-8,10H2,1-3H3. The van der Waals surface area contributed by atoms with Crippen LogP contribution in [0.5, 0.6) is 0 Å². The molecule has 0 atom stereocenters. The Morgan fingerprint density at radius 3 is 2.82 bits per heavy atom. The van der Waals surface area contributed by atoms with Gasteiger partial charge in [0.05, 0.1) is 0 Å². The summed E-state index contributed by atoms with van der Waals surface area (Å²) in [4.78, 5) is 2.27. The lowest BCUT2D eigenvalue weighted by Crippen LogP contribution is -2.23. The lowest BCUT2D eigenvalue weighted by molar-refractivity contribution is 0.724. The molecule has 1 aromatic rings. The summed E-state index contributed by atoms with van der Waals surface area (Å²) in [6.07, 6.45) is 2.13. The summed E-state index contributed by atoms with van der Waals surface area (Å²) < 4.78 is 0. The summed E-state index contributed by atoms with van der Waals surface area (Å²) >= 11 is 7.94. The van der Waals surface area contributed by atoms with E-state index in [1.807, 2.05) is 17.8 Å². The van der Waals surface area contributed by atoms with E-state index in [1.165, 1.54) is 11.3 Å². The number of benzene rings is 1. The van der Waals surface area contributed by atoms with Crippen LogP contribution >= 0.6 is 23.4 Å². The zero-order valence-corrected chi connectivity index (χ0v) is 12.4. The van der Waals surface area contributed by atoms with Crippen LogP contribution in [0, 0.1) is 0 Å². The Bertz CT molecular complexity index is 344. The van der Waals surface area contributed by atoms with Crippen LogP contribution in [-0.4, -0.2) is 32.1 Å². The van der Waals surface area contributed by atoms with Crippen LogP contribution in [0.4, 0.5) is 5.69 Å². The number of nitrogens with one attached hydrogen (secondary N) is 1. The van der Waals surface area contributed by atoms with Gasteiger partial charge < -0.3 is 10.2 Å². The zero-order chi connectivity index (χ0) is 12.7. The first-order valence-electron chi connectivity index (χ1n) is 5.88. The van der Waals surface area contributed by atoms with Gasteiger partial charge in [-0.15, -0.1) is 0 Å². The maximum Gasteiger partial charge on any atom is 0.0426 e. The van der Waals surface area contributed by atoms with E-state index in [-0.39, 0.29) is 0 Å². The Morgan fingerprint density at radius 2 is 2.18 bits per heavy atom. The highest BCUT2D eigenvalue weighted by Gasteiger charge is 2.07. The normalized spacial score (nSPS) is 10.6. The van der Waals surface area contributed by atoms with Crippen LogP contribution in [0.25, 0.3) is 0 Å². The molecular weight excluding hydrogens is 252 g/mol. The summed E-state index contributed by atoms with van der Waals surface area (Å²) in [5.74, 6) is 1.13. The Labute approximate surface area is 114 Å². The number of hydrogen-bond acceptors (Lipinski definition) is 3. The maximum atomic E-state index is 6.08. The monoisotopic (exact) mass is 272 g/mol. The first-order valence-corrected chi connectivity index (χ1v) is 7.65. The quantitative estimate of drug-likeness (QED) is 0.820. The number of hydrogen-bond donors (Lipinski definition) is 1. The van der Waals surface area contributed by atoms with E-state index in [4.69, 9.17) is 11.6 Å². The van der Waals surface area contributed by atoms with Gasteiger partial charge in [-0.05, 0) is 30.5 Å². The third-order valence-corrected chi connectivity index (χ3v) is 3.48. The van der Waals surface area contributed by atoms with Gasteiger partial charge in [0.2, 0.25) is 0 Å². The molecule has 0 bridgehead atoms. The van der Waals surface area contributed by atoms with Crippen LogP contribution < -0.4 is 10.2 Å². The van der Waals surface area contributed by atoms with Gasteiger partial charge in [0.1, 0.15) is 0 Å². The SMILES string of the molecule is CCNCc1ccc(Cl)cc1N(C)CCSC. The molecule has 0 spiro atoms. The topological polar surface area (TPSA) is 15.3 Å². The molecule has 2 nitrogen and oxygen atoms in total. The summed E-state index contributed by atoms with van der Waals surface area (Å²) in [7, 11) is 2.12. The molecule has 0 aliphatic carbocycles. The molecule has 0 fully saturated rings. The van der Waals surface area contributed by atoms with Crippen molar-refractivity contribution in [3.63, 3.8) is 0 Å². The molecule has 0 heterocycles. The molecular formula is C13H21ClN2S. The van der Waals surface area contributed by atoms with Crippen molar-refractivity contribution < 1.29 is 0 Å². The molecule has 0 saturated heterocycles. The molecule has 0 amide bonds. The molecule has 1 rings (SSSR count). The minimum absolute atomic E-state index is 0.802. The molecule has 0 aromatic heterocycles. The Morgan fingerprint density at radius 1 is 1.41 bits per heavy atom. The first kappa shape index (κ1) is 14.7. The van der Waals surface area contributed by atoms with Gasteiger partial charge in [-0.2, -0.15) is 11.8 Å². The van der Waals surface area contributed by atoms with Gasteiger partial charge in [0, 0.05) is 36.6 Å². The second-order valence-corrected chi connectivity index (χ2v) is 5.39.